The highest BCUT2D eigenvalue weighted by Crippen LogP contribution is 2.44. The molecule has 0 spiro atoms. The van der Waals surface area contributed by atoms with Gasteiger partial charge in [-0.15, -0.1) is 0 Å². The quantitative estimate of drug-likeness (QED) is 0.722. The maximum Gasteiger partial charge on any atom is 0.410 e. The largest absolute Gasteiger partial charge is 0.469 e. The van der Waals surface area contributed by atoms with Gasteiger partial charge in [0, 0.05) is 12.1 Å². The minimum Gasteiger partial charge on any atom is -0.469 e. The monoisotopic (exact) mass is 269 g/mol. The summed E-state index contributed by atoms with van der Waals surface area (Å²) in [7, 11) is 1.38. The van der Waals surface area contributed by atoms with Crippen LogP contribution in [-0.2, 0) is 14.3 Å². The molecule has 19 heavy (non-hydrogen) atoms. The zero-order valence-electron chi connectivity index (χ0n) is 12.1. The number of fused-ring (bicyclic) bond motifs is 2. The summed E-state index contributed by atoms with van der Waals surface area (Å²) in [6, 6.07) is 0.176. The number of rotatable bonds is 2. The van der Waals surface area contributed by atoms with Gasteiger partial charge in [-0.2, -0.15) is 0 Å². The maximum atomic E-state index is 12.3. The first-order valence-electron chi connectivity index (χ1n) is 6.90. The topological polar surface area (TPSA) is 55.8 Å². The summed E-state index contributed by atoms with van der Waals surface area (Å²) in [5.74, 6) is 0.155. The second kappa shape index (κ2) is 5.02. The van der Waals surface area contributed by atoms with Crippen molar-refractivity contribution >= 4 is 12.1 Å². The molecular weight excluding hydrogens is 246 g/mol. The Morgan fingerprint density at radius 3 is 2.53 bits per heavy atom. The molecule has 0 radical (unpaired) electrons. The number of hydrogen-bond acceptors (Lipinski definition) is 4. The molecule has 3 atom stereocenters. The number of carbonyl (C=O) groups is 2. The smallest absolute Gasteiger partial charge is 0.410 e. The maximum absolute atomic E-state index is 12.3. The fourth-order valence-corrected chi connectivity index (χ4v) is 3.21. The van der Waals surface area contributed by atoms with Crippen LogP contribution in [0.3, 0.4) is 0 Å². The second-order valence-electron chi connectivity index (χ2n) is 6.46. The third-order valence-electron chi connectivity index (χ3n) is 3.95. The Balaban J connectivity index is 2.08. The number of piperidine rings is 1. The summed E-state index contributed by atoms with van der Waals surface area (Å²) in [6.45, 7) is 5.57. The number of methoxy groups -OCH3 is 1. The van der Waals surface area contributed by atoms with Gasteiger partial charge in [0.25, 0.3) is 0 Å². The van der Waals surface area contributed by atoms with Gasteiger partial charge in [0.2, 0.25) is 0 Å². The lowest BCUT2D eigenvalue weighted by Gasteiger charge is -2.36. The van der Waals surface area contributed by atoms with E-state index < -0.39 is 5.60 Å². The normalized spacial score (nSPS) is 29.5. The van der Waals surface area contributed by atoms with Crippen LogP contribution in [0.5, 0.6) is 0 Å². The molecule has 2 aliphatic rings. The highest BCUT2D eigenvalue weighted by molar-refractivity contribution is 5.74. The number of carbonyl (C=O) groups excluding carboxylic acids is 2. The zero-order chi connectivity index (χ0) is 14.2. The van der Waals surface area contributed by atoms with E-state index in [9.17, 15) is 9.59 Å². The van der Waals surface area contributed by atoms with Gasteiger partial charge < -0.3 is 14.4 Å². The van der Waals surface area contributed by atoms with Crippen molar-refractivity contribution < 1.29 is 19.1 Å². The molecule has 2 bridgehead atoms. The Morgan fingerprint density at radius 2 is 1.95 bits per heavy atom. The van der Waals surface area contributed by atoms with Crippen molar-refractivity contribution in [3.05, 3.63) is 0 Å². The molecule has 1 aliphatic carbocycles. The predicted octanol–water partition coefficient (Wildman–Crippen LogP) is 2.34. The van der Waals surface area contributed by atoms with Gasteiger partial charge in [-0.3, -0.25) is 4.79 Å². The average Bonchev–Trinajstić information content (AvgIpc) is 2.86. The highest BCUT2D eigenvalue weighted by Gasteiger charge is 2.49. The third kappa shape index (κ3) is 3.01. The first-order valence-corrected chi connectivity index (χ1v) is 6.90. The predicted molar refractivity (Wildman–Crippen MR) is 69.6 cm³/mol. The van der Waals surface area contributed by atoms with E-state index in [1.54, 1.807) is 4.90 Å². The van der Waals surface area contributed by atoms with Gasteiger partial charge in [-0.1, -0.05) is 0 Å². The van der Waals surface area contributed by atoms with Crippen LogP contribution in [0.4, 0.5) is 4.79 Å². The molecule has 1 heterocycles. The van der Waals surface area contributed by atoms with Gasteiger partial charge in [0.05, 0.1) is 13.5 Å². The van der Waals surface area contributed by atoms with Crippen molar-refractivity contribution in [1.29, 1.82) is 0 Å². The SMILES string of the molecule is COC(=O)CC1C2CCC(C2)N1C(=O)OC(C)(C)C. The van der Waals surface area contributed by atoms with Gasteiger partial charge in [-0.05, 0) is 46.0 Å². The second-order valence-corrected chi connectivity index (χ2v) is 6.46. The lowest BCUT2D eigenvalue weighted by Crippen LogP contribution is -2.48. The molecule has 108 valence electrons. The van der Waals surface area contributed by atoms with Crippen LogP contribution in [0, 0.1) is 5.92 Å². The molecule has 1 saturated carbocycles. The molecule has 0 N–H and O–H groups in total. The Bertz CT molecular complexity index is 374. The van der Waals surface area contributed by atoms with E-state index in [0.717, 1.165) is 19.3 Å². The van der Waals surface area contributed by atoms with Crippen LogP contribution in [-0.4, -0.2) is 41.8 Å². The van der Waals surface area contributed by atoms with Gasteiger partial charge in [-0.25, -0.2) is 4.79 Å². The van der Waals surface area contributed by atoms with Crippen molar-refractivity contribution in [1.82, 2.24) is 4.90 Å². The molecule has 1 aliphatic heterocycles. The van der Waals surface area contributed by atoms with Crippen LogP contribution in [0.15, 0.2) is 0 Å². The molecule has 3 unspecified atom stereocenters. The number of ether oxygens (including phenoxy) is 2. The summed E-state index contributed by atoms with van der Waals surface area (Å²) >= 11 is 0. The standard InChI is InChI=1S/C14H23NO4/c1-14(2,3)19-13(17)15-10-6-5-9(7-10)11(15)8-12(16)18-4/h9-11H,5-8H2,1-4H3. The summed E-state index contributed by atoms with van der Waals surface area (Å²) in [5, 5.41) is 0. The Hall–Kier alpha value is -1.26. The first kappa shape index (κ1) is 14.2. The Morgan fingerprint density at radius 1 is 1.26 bits per heavy atom. The lowest BCUT2D eigenvalue weighted by molar-refractivity contribution is -0.142. The molecule has 2 fully saturated rings. The van der Waals surface area contributed by atoms with Crippen LogP contribution in [0.1, 0.15) is 46.5 Å². The third-order valence-corrected chi connectivity index (χ3v) is 3.95. The van der Waals surface area contributed by atoms with Crippen LogP contribution in [0.25, 0.3) is 0 Å². The van der Waals surface area contributed by atoms with Crippen LogP contribution >= 0.6 is 0 Å². The highest BCUT2D eigenvalue weighted by atomic mass is 16.6. The molecule has 5 nitrogen and oxygen atoms in total. The molecule has 0 aromatic carbocycles. The van der Waals surface area contributed by atoms with Gasteiger partial charge in [0.1, 0.15) is 5.60 Å². The number of nitrogens with zero attached hydrogens (tertiary/aromatic N) is 1. The minimum absolute atomic E-state index is 0.0546. The zero-order valence-corrected chi connectivity index (χ0v) is 12.1. The molecule has 2 rings (SSSR count). The van der Waals surface area contributed by atoms with E-state index in [1.807, 2.05) is 20.8 Å². The minimum atomic E-state index is -0.505. The van der Waals surface area contributed by atoms with E-state index in [2.05, 4.69) is 0 Å². The summed E-state index contributed by atoms with van der Waals surface area (Å²) in [6.07, 6.45) is 3.07. The summed E-state index contributed by atoms with van der Waals surface area (Å²) in [5.41, 5.74) is -0.505. The van der Waals surface area contributed by atoms with E-state index >= 15 is 0 Å². The number of likely N-dealkylation sites (tertiary alicyclic amines) is 1. The van der Waals surface area contributed by atoms with E-state index in [-0.39, 0.29) is 30.6 Å². The van der Waals surface area contributed by atoms with Crippen molar-refractivity contribution in [2.45, 2.75) is 64.1 Å². The van der Waals surface area contributed by atoms with Crippen molar-refractivity contribution in [3.63, 3.8) is 0 Å². The molecule has 1 saturated heterocycles. The molecule has 0 aromatic heterocycles. The van der Waals surface area contributed by atoms with Crippen LogP contribution in [0.2, 0.25) is 0 Å². The van der Waals surface area contributed by atoms with Crippen molar-refractivity contribution in [2.24, 2.45) is 5.92 Å². The molecule has 0 aromatic rings. The van der Waals surface area contributed by atoms with Crippen LogP contribution < -0.4 is 0 Å². The van der Waals surface area contributed by atoms with E-state index in [0.29, 0.717) is 5.92 Å². The van der Waals surface area contributed by atoms with E-state index in [1.165, 1.54) is 7.11 Å². The summed E-state index contributed by atoms with van der Waals surface area (Å²) in [4.78, 5) is 25.6. The summed E-state index contributed by atoms with van der Waals surface area (Å²) < 4.78 is 10.2. The number of amides is 1. The van der Waals surface area contributed by atoms with Crippen molar-refractivity contribution in [3.8, 4) is 0 Å². The molecule has 1 amide bonds. The fourth-order valence-electron chi connectivity index (χ4n) is 3.21. The van der Waals surface area contributed by atoms with Gasteiger partial charge in [0.15, 0.2) is 0 Å². The Labute approximate surface area is 114 Å². The molecular formula is C14H23NO4. The average molecular weight is 269 g/mol. The van der Waals surface area contributed by atoms with Crippen molar-refractivity contribution in [2.75, 3.05) is 7.11 Å². The van der Waals surface area contributed by atoms with E-state index in [4.69, 9.17) is 9.47 Å². The Kier molecular flexibility index (Phi) is 3.74. The lowest BCUT2D eigenvalue weighted by atomic mass is 9.96. The first-order chi connectivity index (χ1) is 8.81. The number of hydrogen-bond donors (Lipinski definition) is 0. The fraction of sp³-hybridized carbons (Fsp3) is 0.857. The number of esters is 1. The van der Waals surface area contributed by atoms with Gasteiger partial charge >= 0.3 is 12.1 Å². The molecule has 5 heteroatoms.